The Bertz CT molecular complexity index is 224. The molecule has 2 heteroatoms. The van der Waals surface area contributed by atoms with Crippen LogP contribution in [0, 0.1) is 5.41 Å². The van der Waals surface area contributed by atoms with Crippen molar-refractivity contribution in [3.8, 4) is 0 Å². The van der Waals surface area contributed by atoms with Gasteiger partial charge in [0.25, 0.3) is 0 Å². The highest BCUT2D eigenvalue weighted by atomic mass is 16.5. The lowest BCUT2D eigenvalue weighted by Gasteiger charge is -1.99. The summed E-state index contributed by atoms with van der Waals surface area (Å²) in [6.07, 6.45) is 5.08. The van der Waals surface area contributed by atoms with Crippen molar-refractivity contribution in [2.45, 2.75) is 26.2 Å². The monoisotopic (exact) mass is 152 g/mol. The first-order valence-corrected chi connectivity index (χ1v) is 4.15. The summed E-state index contributed by atoms with van der Waals surface area (Å²) in [6, 6.07) is 0. The van der Waals surface area contributed by atoms with Crippen LogP contribution in [0.5, 0.6) is 0 Å². The molecule has 11 heavy (non-hydrogen) atoms. The van der Waals surface area contributed by atoms with Crippen LogP contribution < -0.4 is 0 Å². The molecule has 1 saturated carbocycles. The van der Waals surface area contributed by atoms with Crippen molar-refractivity contribution >= 4 is 5.78 Å². The van der Waals surface area contributed by atoms with E-state index < -0.39 is 0 Å². The maximum atomic E-state index is 11.2. The van der Waals surface area contributed by atoms with Crippen LogP contribution in [0.2, 0.25) is 0 Å². The highest BCUT2D eigenvalue weighted by Crippen LogP contribution is 2.54. The Labute approximate surface area is 66.2 Å². The van der Waals surface area contributed by atoms with Crippen molar-refractivity contribution in [3.05, 3.63) is 11.8 Å². The Balaban J connectivity index is 2.12. The van der Waals surface area contributed by atoms with Gasteiger partial charge in [0, 0.05) is 6.42 Å². The second-order valence-electron chi connectivity index (χ2n) is 3.40. The van der Waals surface area contributed by atoms with E-state index in [1.165, 1.54) is 12.8 Å². The molecule has 0 heterocycles. The topological polar surface area (TPSA) is 26.3 Å². The second-order valence-corrected chi connectivity index (χ2v) is 3.40. The largest absolute Gasteiger partial charge is 0.490 e. The molecule has 2 aliphatic carbocycles. The number of hydrogen-bond acceptors (Lipinski definition) is 2. The smallest absolute Gasteiger partial charge is 0.197 e. The van der Waals surface area contributed by atoms with Crippen molar-refractivity contribution < 1.29 is 9.53 Å². The molecule has 1 spiro atoms. The molecule has 0 aromatic rings. The zero-order valence-corrected chi connectivity index (χ0v) is 6.72. The van der Waals surface area contributed by atoms with E-state index in [1.807, 2.05) is 13.0 Å². The van der Waals surface area contributed by atoms with E-state index in [2.05, 4.69) is 0 Å². The van der Waals surface area contributed by atoms with E-state index in [0.717, 1.165) is 0 Å². The molecular formula is C9H12O2. The van der Waals surface area contributed by atoms with Crippen LogP contribution in [0.15, 0.2) is 11.8 Å². The SMILES string of the molecule is CCOC1=CC2(CC2)CC1=O. The van der Waals surface area contributed by atoms with Gasteiger partial charge in [-0.2, -0.15) is 0 Å². The van der Waals surface area contributed by atoms with Gasteiger partial charge in [-0.15, -0.1) is 0 Å². The fraction of sp³-hybridized carbons (Fsp3) is 0.667. The summed E-state index contributed by atoms with van der Waals surface area (Å²) < 4.78 is 5.20. The van der Waals surface area contributed by atoms with E-state index in [4.69, 9.17) is 4.74 Å². The van der Waals surface area contributed by atoms with Gasteiger partial charge in [0.15, 0.2) is 11.5 Å². The second kappa shape index (κ2) is 2.10. The van der Waals surface area contributed by atoms with Gasteiger partial charge in [-0.1, -0.05) is 0 Å². The Morgan fingerprint density at radius 2 is 2.36 bits per heavy atom. The zero-order chi connectivity index (χ0) is 7.90. The molecule has 0 unspecified atom stereocenters. The van der Waals surface area contributed by atoms with E-state index in [9.17, 15) is 4.79 Å². The predicted octanol–water partition coefficient (Wildman–Crippen LogP) is 1.66. The van der Waals surface area contributed by atoms with Crippen LogP contribution in [-0.2, 0) is 9.53 Å². The first kappa shape index (κ1) is 6.89. The molecule has 0 aromatic heterocycles. The standard InChI is InChI=1S/C9H12O2/c1-2-11-8-6-9(3-4-9)5-7(8)10/h6H,2-5H2,1H3. The van der Waals surface area contributed by atoms with Crippen molar-refractivity contribution in [1.29, 1.82) is 0 Å². The Hall–Kier alpha value is -0.790. The molecule has 0 atom stereocenters. The van der Waals surface area contributed by atoms with Crippen LogP contribution in [0.3, 0.4) is 0 Å². The van der Waals surface area contributed by atoms with Gasteiger partial charge in [-0.05, 0) is 31.3 Å². The Kier molecular flexibility index (Phi) is 1.31. The predicted molar refractivity (Wildman–Crippen MR) is 41.0 cm³/mol. The maximum Gasteiger partial charge on any atom is 0.197 e. The minimum absolute atomic E-state index is 0.198. The normalized spacial score (nSPS) is 25.5. The van der Waals surface area contributed by atoms with Gasteiger partial charge >= 0.3 is 0 Å². The minimum Gasteiger partial charge on any atom is -0.490 e. The van der Waals surface area contributed by atoms with E-state index in [0.29, 0.717) is 18.8 Å². The van der Waals surface area contributed by atoms with Gasteiger partial charge in [0.1, 0.15) is 0 Å². The highest BCUT2D eigenvalue weighted by molar-refractivity contribution is 5.97. The number of carbonyl (C=O) groups is 1. The molecule has 60 valence electrons. The lowest BCUT2D eigenvalue weighted by atomic mass is 10.1. The fourth-order valence-corrected chi connectivity index (χ4v) is 1.58. The van der Waals surface area contributed by atoms with Gasteiger partial charge < -0.3 is 4.74 Å². The van der Waals surface area contributed by atoms with Crippen molar-refractivity contribution in [1.82, 2.24) is 0 Å². The quantitative estimate of drug-likeness (QED) is 0.601. The minimum atomic E-state index is 0.198. The average molecular weight is 152 g/mol. The number of allylic oxidation sites excluding steroid dienone is 2. The summed E-state index contributed by atoms with van der Waals surface area (Å²) >= 11 is 0. The molecular weight excluding hydrogens is 140 g/mol. The van der Waals surface area contributed by atoms with E-state index in [1.54, 1.807) is 0 Å². The lowest BCUT2D eigenvalue weighted by Crippen LogP contribution is -2.01. The van der Waals surface area contributed by atoms with E-state index in [-0.39, 0.29) is 11.2 Å². The summed E-state index contributed by atoms with van der Waals surface area (Å²) in [7, 11) is 0. The third kappa shape index (κ3) is 1.06. The van der Waals surface area contributed by atoms with Gasteiger partial charge in [0.2, 0.25) is 0 Å². The van der Waals surface area contributed by atoms with Crippen molar-refractivity contribution in [2.24, 2.45) is 5.41 Å². The molecule has 0 aliphatic heterocycles. The first-order valence-electron chi connectivity index (χ1n) is 4.15. The van der Waals surface area contributed by atoms with Crippen molar-refractivity contribution in [3.63, 3.8) is 0 Å². The van der Waals surface area contributed by atoms with E-state index >= 15 is 0 Å². The van der Waals surface area contributed by atoms with Crippen LogP contribution in [0.1, 0.15) is 26.2 Å². The third-order valence-electron chi connectivity index (χ3n) is 2.42. The molecule has 0 amide bonds. The summed E-state index contributed by atoms with van der Waals surface area (Å²) in [4.78, 5) is 11.2. The first-order chi connectivity index (χ1) is 5.26. The molecule has 2 nitrogen and oxygen atoms in total. The molecule has 0 N–H and O–H groups in total. The van der Waals surface area contributed by atoms with Crippen LogP contribution in [0.25, 0.3) is 0 Å². The van der Waals surface area contributed by atoms with Gasteiger partial charge in [-0.3, -0.25) is 4.79 Å². The van der Waals surface area contributed by atoms with Crippen molar-refractivity contribution in [2.75, 3.05) is 6.61 Å². The molecule has 0 saturated heterocycles. The summed E-state index contributed by atoms with van der Waals surface area (Å²) in [5.41, 5.74) is 0.252. The third-order valence-corrected chi connectivity index (χ3v) is 2.42. The van der Waals surface area contributed by atoms with Gasteiger partial charge in [0.05, 0.1) is 6.61 Å². The summed E-state index contributed by atoms with van der Waals surface area (Å²) in [5.74, 6) is 0.814. The van der Waals surface area contributed by atoms with Crippen LogP contribution >= 0.6 is 0 Å². The number of ketones is 1. The zero-order valence-electron chi connectivity index (χ0n) is 6.72. The van der Waals surface area contributed by atoms with Crippen LogP contribution in [-0.4, -0.2) is 12.4 Å². The maximum absolute atomic E-state index is 11.2. The molecule has 2 aliphatic rings. The number of rotatable bonds is 2. The Morgan fingerprint density at radius 3 is 2.82 bits per heavy atom. The molecule has 2 rings (SSSR count). The molecule has 0 aromatic carbocycles. The lowest BCUT2D eigenvalue weighted by molar-refractivity contribution is -0.118. The summed E-state index contributed by atoms with van der Waals surface area (Å²) in [6.45, 7) is 2.51. The average Bonchev–Trinajstić information content (AvgIpc) is 2.61. The molecule has 0 bridgehead atoms. The molecule has 1 fully saturated rings. The summed E-state index contributed by atoms with van der Waals surface area (Å²) in [5, 5.41) is 0. The number of Topliss-reactive ketones (excluding diaryl/α,β-unsaturated/α-hetero) is 1. The number of carbonyl (C=O) groups excluding carboxylic acids is 1. The highest BCUT2D eigenvalue weighted by Gasteiger charge is 2.48. The van der Waals surface area contributed by atoms with Gasteiger partial charge in [-0.25, -0.2) is 0 Å². The fourth-order valence-electron chi connectivity index (χ4n) is 1.58. The number of hydrogen-bond donors (Lipinski definition) is 0. The number of ether oxygens (including phenoxy) is 1. The molecule has 0 radical (unpaired) electrons. The Morgan fingerprint density at radius 1 is 1.64 bits per heavy atom. The van der Waals surface area contributed by atoms with Crippen LogP contribution in [0.4, 0.5) is 0 Å².